The summed E-state index contributed by atoms with van der Waals surface area (Å²) in [5.41, 5.74) is 1.53. The van der Waals surface area contributed by atoms with Gasteiger partial charge in [0.15, 0.2) is 0 Å². The third-order valence-electron chi connectivity index (χ3n) is 4.70. The fraction of sp³-hybridized carbons (Fsp3) is 0.208. The van der Waals surface area contributed by atoms with Gasteiger partial charge in [0, 0.05) is 23.9 Å². The molecule has 2 aromatic heterocycles. The van der Waals surface area contributed by atoms with Gasteiger partial charge in [0.25, 0.3) is 0 Å². The molecule has 12 heteroatoms. The first-order chi connectivity index (χ1) is 17.3. The van der Waals surface area contributed by atoms with Gasteiger partial charge >= 0.3 is 6.36 Å². The third kappa shape index (κ3) is 7.67. The molecule has 4 aromatic rings. The second-order valence-corrected chi connectivity index (χ2v) is 7.39. The Morgan fingerprint density at radius 1 is 1.00 bits per heavy atom. The summed E-state index contributed by atoms with van der Waals surface area (Å²) in [7, 11) is 0. The van der Waals surface area contributed by atoms with Gasteiger partial charge in [-0.25, -0.2) is 9.37 Å². The van der Waals surface area contributed by atoms with Crippen LogP contribution in [0.1, 0.15) is 22.7 Å². The first kappa shape index (κ1) is 24.9. The molecule has 36 heavy (non-hydrogen) atoms. The average Bonchev–Trinajstić information content (AvgIpc) is 3.52. The van der Waals surface area contributed by atoms with Crippen molar-refractivity contribution in [2.75, 3.05) is 6.61 Å². The summed E-state index contributed by atoms with van der Waals surface area (Å²) in [5.74, 6) is -0.713. The maximum absolute atomic E-state index is 14.0. The summed E-state index contributed by atoms with van der Waals surface area (Å²) in [6.45, 7) is 1.72. The van der Waals surface area contributed by atoms with Crippen LogP contribution in [-0.2, 0) is 24.5 Å². The van der Waals surface area contributed by atoms with E-state index in [1.54, 1.807) is 17.1 Å². The lowest BCUT2D eigenvalue weighted by molar-refractivity contribution is -0.274. The second-order valence-electron chi connectivity index (χ2n) is 7.39. The predicted molar refractivity (Wildman–Crippen MR) is 119 cm³/mol. The normalized spacial score (nSPS) is 11.8. The van der Waals surface area contributed by atoms with Crippen molar-refractivity contribution >= 4 is 12.2 Å². The van der Waals surface area contributed by atoms with Crippen LogP contribution in [-0.4, -0.2) is 32.9 Å². The SMILES string of the molecule is Fc1cc(OC(F)(F)F)ccc1/C=C/c1nc(COc2ccc(COCCn3ccnn3)cc2)co1. The molecule has 2 heterocycles. The fourth-order valence-electron chi connectivity index (χ4n) is 3.01. The van der Waals surface area contributed by atoms with E-state index in [0.717, 1.165) is 17.7 Å². The Labute approximate surface area is 202 Å². The minimum atomic E-state index is -4.89. The maximum Gasteiger partial charge on any atom is 0.573 e. The minimum Gasteiger partial charge on any atom is -0.487 e. The lowest BCUT2D eigenvalue weighted by atomic mass is 10.2. The molecule has 0 spiro atoms. The quantitative estimate of drug-likeness (QED) is 0.203. The number of nitrogens with zero attached hydrogens (tertiary/aromatic N) is 4. The van der Waals surface area contributed by atoms with Crippen molar-refractivity contribution in [1.82, 2.24) is 20.0 Å². The van der Waals surface area contributed by atoms with Crippen LogP contribution in [0.3, 0.4) is 0 Å². The minimum absolute atomic E-state index is 0.0444. The van der Waals surface area contributed by atoms with Crippen LogP contribution >= 0.6 is 0 Å². The van der Waals surface area contributed by atoms with Crippen LogP contribution in [0.4, 0.5) is 17.6 Å². The highest BCUT2D eigenvalue weighted by Gasteiger charge is 2.31. The lowest BCUT2D eigenvalue weighted by Gasteiger charge is -2.09. The standard InChI is InChI=1S/C24H20F4N4O4/c25-22-13-21(36-24(26,27)28)7-3-18(22)4-8-23-30-19(16-35-23)15-34-20-5-1-17(2-6-20)14-33-12-11-32-10-9-29-31-32/h1-10,13,16H,11-12,14-15H2/b8-4+. The van der Waals surface area contributed by atoms with Gasteiger partial charge in [-0.15, -0.1) is 18.3 Å². The van der Waals surface area contributed by atoms with Crippen LogP contribution in [0, 0.1) is 5.82 Å². The topological polar surface area (TPSA) is 84.4 Å². The number of hydrogen-bond acceptors (Lipinski definition) is 7. The lowest BCUT2D eigenvalue weighted by Crippen LogP contribution is -2.17. The van der Waals surface area contributed by atoms with Crippen LogP contribution in [0.25, 0.3) is 12.2 Å². The molecule has 0 fully saturated rings. The first-order valence-corrected chi connectivity index (χ1v) is 10.7. The smallest absolute Gasteiger partial charge is 0.487 e. The van der Waals surface area contributed by atoms with Crippen molar-refractivity contribution in [3.8, 4) is 11.5 Å². The van der Waals surface area contributed by atoms with E-state index in [2.05, 4.69) is 20.0 Å². The summed E-state index contributed by atoms with van der Waals surface area (Å²) < 4.78 is 72.7. The number of aromatic nitrogens is 4. The Bertz CT molecular complexity index is 1270. The number of halogens is 4. The fourth-order valence-corrected chi connectivity index (χ4v) is 3.01. The summed E-state index contributed by atoms with van der Waals surface area (Å²) in [6, 6.07) is 10.2. The molecule has 2 aromatic carbocycles. The van der Waals surface area contributed by atoms with Crippen LogP contribution in [0.5, 0.6) is 11.5 Å². The molecule has 0 saturated carbocycles. The number of alkyl halides is 3. The van der Waals surface area contributed by atoms with E-state index in [1.165, 1.54) is 18.4 Å². The molecule has 188 valence electrons. The molecule has 0 saturated heterocycles. The summed E-state index contributed by atoms with van der Waals surface area (Å²) >= 11 is 0. The second kappa shape index (κ2) is 11.5. The van der Waals surface area contributed by atoms with Gasteiger partial charge in [-0.1, -0.05) is 17.3 Å². The van der Waals surface area contributed by atoms with E-state index in [0.29, 0.717) is 37.3 Å². The van der Waals surface area contributed by atoms with E-state index >= 15 is 0 Å². The highest BCUT2D eigenvalue weighted by atomic mass is 19.4. The van der Waals surface area contributed by atoms with Crippen molar-refractivity contribution in [2.45, 2.75) is 26.1 Å². The molecular weight excluding hydrogens is 484 g/mol. The largest absolute Gasteiger partial charge is 0.573 e. The molecule has 0 amide bonds. The zero-order valence-electron chi connectivity index (χ0n) is 18.7. The van der Waals surface area contributed by atoms with Crippen molar-refractivity contribution in [3.63, 3.8) is 0 Å². The Hall–Kier alpha value is -4.19. The van der Waals surface area contributed by atoms with Gasteiger partial charge in [-0.05, 0) is 35.9 Å². The molecule has 0 aliphatic carbocycles. The van der Waals surface area contributed by atoms with Crippen molar-refractivity contribution in [3.05, 3.63) is 89.7 Å². The highest BCUT2D eigenvalue weighted by Crippen LogP contribution is 2.25. The molecule has 0 aliphatic rings. The average molecular weight is 504 g/mol. The maximum atomic E-state index is 14.0. The molecule has 0 N–H and O–H groups in total. The van der Waals surface area contributed by atoms with E-state index in [9.17, 15) is 17.6 Å². The van der Waals surface area contributed by atoms with Crippen molar-refractivity contribution < 1.29 is 36.2 Å². The van der Waals surface area contributed by atoms with E-state index in [-0.39, 0.29) is 18.1 Å². The van der Waals surface area contributed by atoms with E-state index in [4.69, 9.17) is 13.9 Å². The Morgan fingerprint density at radius 3 is 2.53 bits per heavy atom. The molecule has 0 bridgehead atoms. The number of benzene rings is 2. The monoisotopic (exact) mass is 504 g/mol. The zero-order valence-corrected chi connectivity index (χ0v) is 18.7. The first-order valence-electron chi connectivity index (χ1n) is 10.7. The Balaban J connectivity index is 1.23. The van der Waals surface area contributed by atoms with Crippen LogP contribution < -0.4 is 9.47 Å². The Kier molecular flexibility index (Phi) is 7.95. The van der Waals surface area contributed by atoms with Gasteiger partial charge in [0.1, 0.15) is 35.9 Å². The van der Waals surface area contributed by atoms with Crippen LogP contribution in [0.15, 0.2) is 65.5 Å². The number of ether oxygens (including phenoxy) is 3. The molecular formula is C24H20F4N4O4. The Morgan fingerprint density at radius 2 is 1.81 bits per heavy atom. The van der Waals surface area contributed by atoms with Crippen LogP contribution in [0.2, 0.25) is 0 Å². The number of rotatable bonds is 11. The molecule has 0 aliphatic heterocycles. The van der Waals surface area contributed by atoms with Gasteiger partial charge in [0.2, 0.25) is 5.89 Å². The van der Waals surface area contributed by atoms with Crippen molar-refractivity contribution in [2.24, 2.45) is 0 Å². The van der Waals surface area contributed by atoms with E-state index < -0.39 is 17.9 Å². The molecule has 0 unspecified atom stereocenters. The highest BCUT2D eigenvalue weighted by molar-refractivity contribution is 5.66. The van der Waals surface area contributed by atoms with Gasteiger partial charge in [-0.3, -0.25) is 4.68 Å². The number of hydrogen-bond donors (Lipinski definition) is 0. The van der Waals surface area contributed by atoms with Gasteiger partial charge < -0.3 is 18.6 Å². The third-order valence-corrected chi connectivity index (χ3v) is 4.70. The van der Waals surface area contributed by atoms with Gasteiger partial charge in [-0.2, -0.15) is 0 Å². The molecule has 4 rings (SSSR count). The summed E-state index contributed by atoms with van der Waals surface area (Å²) in [5, 5.41) is 7.59. The zero-order chi connectivity index (χ0) is 25.4. The van der Waals surface area contributed by atoms with Gasteiger partial charge in [0.05, 0.1) is 26.0 Å². The number of oxazole rings is 1. The molecule has 0 atom stereocenters. The predicted octanol–water partition coefficient (Wildman–Crippen LogP) is 5.27. The van der Waals surface area contributed by atoms with Crippen molar-refractivity contribution in [1.29, 1.82) is 0 Å². The summed E-state index contributed by atoms with van der Waals surface area (Å²) in [4.78, 5) is 4.22. The molecule has 8 nitrogen and oxygen atoms in total. The molecule has 0 radical (unpaired) electrons. The summed E-state index contributed by atoms with van der Waals surface area (Å²) in [6.07, 6.45) is 2.60. The van der Waals surface area contributed by atoms with E-state index in [1.807, 2.05) is 24.3 Å².